The molecule has 17 atom stereocenters. The second-order valence-electron chi connectivity index (χ2n) is 25.3. The van der Waals surface area contributed by atoms with Crippen LogP contribution >= 0.6 is 0 Å². The minimum Gasteiger partial charge on any atom is -0.394 e. The Hall–Kier alpha value is -1.99. The van der Waals surface area contributed by atoms with Gasteiger partial charge in [0.05, 0.1) is 38.6 Å². The molecule has 17 unspecified atom stereocenters. The van der Waals surface area contributed by atoms with Crippen molar-refractivity contribution in [3.63, 3.8) is 0 Å². The van der Waals surface area contributed by atoms with E-state index >= 15 is 0 Å². The van der Waals surface area contributed by atoms with Gasteiger partial charge in [-0.1, -0.05) is 237 Å². The van der Waals surface area contributed by atoms with Crippen LogP contribution in [-0.4, -0.2) is 193 Å². The molecule has 0 aromatic rings. The molecule has 0 spiro atoms. The van der Waals surface area contributed by atoms with Crippen molar-refractivity contribution in [1.29, 1.82) is 0 Å². The Morgan fingerprint density at radius 1 is 0.398 bits per heavy atom. The van der Waals surface area contributed by atoms with Crippen LogP contribution in [0.1, 0.15) is 264 Å². The van der Waals surface area contributed by atoms with E-state index in [1.807, 2.05) is 6.08 Å². The molecule has 0 saturated carbocycles. The molecule has 88 heavy (non-hydrogen) atoms. The minimum absolute atomic E-state index is 0.234. The van der Waals surface area contributed by atoms with E-state index < -0.39 is 124 Å². The molecule has 3 saturated heterocycles. The number of unbranched alkanes of at least 4 members (excludes halogenated alkanes) is 34. The molecule has 1 amide bonds. The number of aliphatic hydroxyl groups excluding tert-OH is 11. The fraction of sp³-hybridized carbons (Fsp3) is 0.899. The summed E-state index contributed by atoms with van der Waals surface area (Å²) in [6.45, 7) is 1.74. The van der Waals surface area contributed by atoms with Crippen molar-refractivity contribution in [2.75, 3.05) is 26.4 Å². The van der Waals surface area contributed by atoms with Gasteiger partial charge in [0.1, 0.15) is 73.2 Å². The van der Waals surface area contributed by atoms with Crippen molar-refractivity contribution < 1.29 is 89.4 Å². The van der Waals surface area contributed by atoms with Crippen LogP contribution in [0, 0.1) is 0 Å². The van der Waals surface area contributed by atoms with Crippen LogP contribution in [0.2, 0.25) is 0 Å². The lowest BCUT2D eigenvalue weighted by Crippen LogP contribution is -2.66. The van der Waals surface area contributed by atoms with E-state index in [4.69, 9.17) is 28.4 Å². The zero-order chi connectivity index (χ0) is 64.0. The van der Waals surface area contributed by atoms with E-state index in [-0.39, 0.29) is 18.9 Å². The molecule has 3 aliphatic rings. The van der Waals surface area contributed by atoms with Gasteiger partial charge >= 0.3 is 0 Å². The highest BCUT2D eigenvalue weighted by Gasteiger charge is 2.53. The molecule has 0 aromatic carbocycles. The van der Waals surface area contributed by atoms with Crippen LogP contribution in [0.4, 0.5) is 0 Å². The summed E-state index contributed by atoms with van der Waals surface area (Å²) < 4.78 is 34.3. The zero-order valence-corrected chi connectivity index (χ0v) is 54.5. The molecule has 0 radical (unpaired) electrons. The predicted octanol–water partition coefficient (Wildman–Crippen LogP) is 9.22. The molecule has 0 aliphatic carbocycles. The smallest absolute Gasteiger partial charge is 0.220 e. The number of carbonyl (C=O) groups excluding carboxylic acids is 1. The summed E-state index contributed by atoms with van der Waals surface area (Å²) in [5.41, 5.74) is 0. The summed E-state index contributed by atoms with van der Waals surface area (Å²) in [6, 6.07) is -0.991. The third-order valence-electron chi connectivity index (χ3n) is 17.7. The number of hydrogen-bond donors (Lipinski definition) is 12. The maximum absolute atomic E-state index is 13.4. The third-order valence-corrected chi connectivity index (χ3v) is 17.7. The first-order chi connectivity index (χ1) is 42.8. The summed E-state index contributed by atoms with van der Waals surface area (Å²) in [4.78, 5) is 13.4. The maximum Gasteiger partial charge on any atom is 0.220 e. The highest BCUT2D eigenvalue weighted by atomic mass is 16.8. The summed E-state index contributed by atoms with van der Waals surface area (Å²) in [5.74, 6) is -0.285. The molecule has 12 N–H and O–H groups in total. The van der Waals surface area contributed by atoms with Crippen molar-refractivity contribution >= 4 is 5.91 Å². The SMILES string of the molecule is CCCCCCCCCC/C=C\CCCCCCCCCCCC(=O)NC(COC1OC(CO)C(OC2OC(CO)C(OC3OC(CO)C(O)C(O)C3O)C(O)C2O)C(O)C1O)C(O)/C=C/CC/C=C/CCCCCCCCCCCCCCCCCC. The lowest BCUT2D eigenvalue weighted by molar-refractivity contribution is -0.379. The van der Waals surface area contributed by atoms with E-state index in [1.165, 1.54) is 180 Å². The molecular formula is C69H127NO18. The lowest BCUT2D eigenvalue weighted by Gasteiger charge is -2.48. The first-order valence-corrected chi connectivity index (χ1v) is 35.2. The molecule has 19 heteroatoms. The van der Waals surface area contributed by atoms with E-state index in [1.54, 1.807) is 6.08 Å². The summed E-state index contributed by atoms with van der Waals surface area (Å²) in [5, 5.41) is 121. The Balaban J connectivity index is 1.46. The van der Waals surface area contributed by atoms with Crippen LogP contribution in [0.15, 0.2) is 36.5 Å². The number of amides is 1. The van der Waals surface area contributed by atoms with Gasteiger partial charge in [0.15, 0.2) is 18.9 Å². The molecule has 3 heterocycles. The van der Waals surface area contributed by atoms with Crippen molar-refractivity contribution in [1.82, 2.24) is 5.32 Å². The van der Waals surface area contributed by atoms with E-state index in [0.717, 1.165) is 51.4 Å². The number of carbonyl (C=O) groups is 1. The third kappa shape index (κ3) is 33.2. The van der Waals surface area contributed by atoms with Gasteiger partial charge < -0.3 is 89.9 Å². The average Bonchev–Trinajstić information content (AvgIpc) is 3.72. The Labute approximate surface area is 530 Å². The minimum atomic E-state index is -1.98. The standard InChI is InChI=1S/C69H127NO18/c1-3-5-7-9-11-13-15-17-19-21-23-25-27-28-30-32-34-36-38-40-42-44-46-53(74)52(70-57(75)47-45-43-41-39-37-35-33-31-29-26-24-22-20-18-16-14-12-10-8-6-4-2)51-83-67-63(81)60(78)65(55(49-72)85-67)88-69-64(82)61(79)66(56(50-73)86-69)87-68-62(80)59(77)58(76)54(48-71)84-68/h22,24,36,38,44,46,52-56,58-69,71-74,76-82H,3-21,23,25-35,37,39-43,45,47-51H2,1-2H3,(H,70,75)/b24-22-,38-36+,46-44+. The van der Waals surface area contributed by atoms with Gasteiger partial charge in [-0.3, -0.25) is 4.79 Å². The predicted molar refractivity (Wildman–Crippen MR) is 342 cm³/mol. The number of ether oxygens (including phenoxy) is 6. The monoisotopic (exact) mass is 1260 g/mol. The summed E-state index contributed by atoms with van der Waals surface area (Å²) >= 11 is 0. The average molecular weight is 1260 g/mol. The van der Waals surface area contributed by atoms with Gasteiger partial charge in [0, 0.05) is 6.42 Å². The molecule has 19 nitrogen and oxygen atoms in total. The van der Waals surface area contributed by atoms with Gasteiger partial charge in [0.25, 0.3) is 0 Å². The molecular weight excluding hydrogens is 1130 g/mol. The van der Waals surface area contributed by atoms with Gasteiger partial charge in [-0.05, 0) is 57.8 Å². The quantitative estimate of drug-likeness (QED) is 0.0199. The topological polar surface area (TPSA) is 307 Å². The van der Waals surface area contributed by atoms with Crippen LogP contribution in [0.3, 0.4) is 0 Å². The number of allylic oxidation sites excluding steroid dienone is 5. The highest BCUT2D eigenvalue weighted by molar-refractivity contribution is 5.76. The normalized spacial score (nSPS) is 28.6. The zero-order valence-electron chi connectivity index (χ0n) is 54.5. The second-order valence-corrected chi connectivity index (χ2v) is 25.3. The van der Waals surface area contributed by atoms with E-state index in [0.29, 0.717) is 12.8 Å². The molecule has 0 aromatic heterocycles. The Morgan fingerprint density at radius 3 is 1.14 bits per heavy atom. The van der Waals surface area contributed by atoms with E-state index in [9.17, 15) is 61.0 Å². The Kier molecular flexibility index (Phi) is 46.9. The fourth-order valence-corrected chi connectivity index (χ4v) is 11.9. The molecule has 3 aliphatic heterocycles. The Bertz CT molecular complexity index is 1740. The van der Waals surface area contributed by atoms with Gasteiger partial charge in [-0.2, -0.15) is 0 Å². The van der Waals surface area contributed by atoms with Gasteiger partial charge in [-0.15, -0.1) is 0 Å². The number of nitrogens with one attached hydrogen (secondary N) is 1. The fourth-order valence-electron chi connectivity index (χ4n) is 11.9. The molecule has 3 fully saturated rings. The summed E-state index contributed by atoms with van der Waals surface area (Å²) in [6.07, 6.45) is 32.6. The largest absolute Gasteiger partial charge is 0.394 e. The van der Waals surface area contributed by atoms with Gasteiger partial charge in [0.2, 0.25) is 5.91 Å². The second kappa shape index (κ2) is 51.4. The maximum atomic E-state index is 13.4. The van der Waals surface area contributed by atoms with E-state index in [2.05, 4.69) is 43.5 Å². The van der Waals surface area contributed by atoms with Crippen LogP contribution < -0.4 is 5.32 Å². The number of hydrogen-bond acceptors (Lipinski definition) is 18. The Morgan fingerprint density at radius 2 is 0.727 bits per heavy atom. The first-order valence-electron chi connectivity index (χ1n) is 35.2. The van der Waals surface area contributed by atoms with Crippen LogP contribution in [0.25, 0.3) is 0 Å². The van der Waals surface area contributed by atoms with Crippen molar-refractivity contribution in [2.45, 2.75) is 369 Å². The van der Waals surface area contributed by atoms with Crippen molar-refractivity contribution in [3.8, 4) is 0 Å². The molecule has 516 valence electrons. The number of rotatable bonds is 54. The first kappa shape index (κ1) is 80.2. The van der Waals surface area contributed by atoms with Crippen molar-refractivity contribution in [3.05, 3.63) is 36.5 Å². The van der Waals surface area contributed by atoms with Crippen LogP contribution in [-0.2, 0) is 33.2 Å². The molecule has 0 bridgehead atoms. The lowest BCUT2D eigenvalue weighted by atomic mass is 9.96. The van der Waals surface area contributed by atoms with Crippen LogP contribution in [0.5, 0.6) is 0 Å². The summed E-state index contributed by atoms with van der Waals surface area (Å²) in [7, 11) is 0. The molecule has 3 rings (SSSR count). The van der Waals surface area contributed by atoms with Gasteiger partial charge in [-0.25, -0.2) is 0 Å². The highest BCUT2D eigenvalue weighted by Crippen LogP contribution is 2.33. The van der Waals surface area contributed by atoms with Crippen molar-refractivity contribution in [2.24, 2.45) is 0 Å². The number of aliphatic hydroxyl groups is 11.